The molecule has 0 atom stereocenters. The maximum atomic E-state index is 5.08. The summed E-state index contributed by atoms with van der Waals surface area (Å²) in [5.41, 5.74) is 0.873. The second-order valence-electron chi connectivity index (χ2n) is 1.85. The largest absolute Gasteiger partial charge is 1.00 e. The van der Waals surface area contributed by atoms with E-state index in [1.165, 1.54) is 0 Å². The number of hydrogen-bond donors (Lipinski definition) is 0. The Morgan fingerprint density at radius 2 is 2.10 bits per heavy atom. The Bertz CT molecular complexity index is 288. The molecule has 0 N–H and O–H groups in total. The normalized spacial score (nSPS) is 9.20. The summed E-state index contributed by atoms with van der Waals surface area (Å²) in [5.74, 6) is 0. The van der Waals surface area contributed by atoms with E-state index in [-0.39, 0.29) is 17.0 Å². The molecule has 2 aromatic rings. The van der Waals surface area contributed by atoms with Crippen LogP contribution < -0.4 is 21.4 Å². The van der Waals surface area contributed by atoms with Crippen molar-refractivity contribution < 1.29 is 25.8 Å². The molecular formula is C7H6BrNO. The van der Waals surface area contributed by atoms with Crippen LogP contribution in [-0.2, 0) is 0 Å². The molecular weight excluding hydrogens is 194 g/mol. The van der Waals surface area contributed by atoms with Crippen LogP contribution in [-0.4, -0.2) is 0 Å². The van der Waals surface area contributed by atoms with Gasteiger partial charge < -0.3 is 21.4 Å². The lowest BCUT2D eigenvalue weighted by Gasteiger charge is -1.73. The molecule has 3 heteroatoms. The number of rotatable bonds is 0. The van der Waals surface area contributed by atoms with Crippen molar-refractivity contribution in [1.82, 2.24) is 0 Å². The number of aromatic nitrogens is 1. The summed E-state index contributed by atoms with van der Waals surface area (Å²) < 4.78 is 7.00. The zero-order valence-electron chi connectivity index (χ0n) is 5.20. The number of halogens is 1. The van der Waals surface area contributed by atoms with Crippen LogP contribution in [0.15, 0.2) is 41.3 Å². The predicted molar refractivity (Wildman–Crippen MR) is 31.9 cm³/mol. The van der Waals surface area contributed by atoms with Crippen molar-refractivity contribution in [2.24, 2.45) is 0 Å². The molecule has 2 rings (SSSR count). The van der Waals surface area contributed by atoms with E-state index < -0.39 is 0 Å². The molecule has 0 spiro atoms. The van der Waals surface area contributed by atoms with Crippen LogP contribution in [0.1, 0.15) is 0 Å². The third-order valence-corrected chi connectivity index (χ3v) is 1.26. The molecule has 2 aromatic heterocycles. The highest BCUT2D eigenvalue weighted by Gasteiger charge is 1.98. The van der Waals surface area contributed by atoms with Gasteiger partial charge in [-0.15, -0.1) is 4.40 Å². The zero-order valence-corrected chi connectivity index (χ0v) is 6.78. The fraction of sp³-hybridized carbons (Fsp3) is 0. The van der Waals surface area contributed by atoms with E-state index in [1.54, 1.807) is 6.26 Å². The zero-order chi connectivity index (χ0) is 6.10. The second-order valence-corrected chi connectivity index (χ2v) is 1.85. The Kier molecular flexibility index (Phi) is 2.06. The predicted octanol–water partition coefficient (Wildman–Crippen LogP) is -1.98. The Labute approximate surface area is 68.9 Å². The quantitative estimate of drug-likeness (QED) is 0.450. The third-order valence-electron chi connectivity index (χ3n) is 1.26. The van der Waals surface area contributed by atoms with Crippen molar-refractivity contribution >= 4 is 5.71 Å². The number of nitrogens with zero attached hydrogens (tertiary/aromatic N) is 1. The van der Waals surface area contributed by atoms with Crippen LogP contribution in [0.25, 0.3) is 5.71 Å². The SMILES string of the molecule is [Br-].c1cc[n+]2ccoc2c1. The molecule has 0 aliphatic heterocycles. The van der Waals surface area contributed by atoms with Crippen LogP contribution in [0.2, 0.25) is 0 Å². The summed E-state index contributed by atoms with van der Waals surface area (Å²) in [4.78, 5) is 0. The van der Waals surface area contributed by atoms with Gasteiger partial charge in [0.25, 0.3) is 0 Å². The molecule has 0 unspecified atom stereocenters. The lowest BCUT2D eigenvalue weighted by molar-refractivity contribution is -0.513. The van der Waals surface area contributed by atoms with E-state index >= 15 is 0 Å². The minimum absolute atomic E-state index is 0. The first kappa shape index (κ1) is 7.28. The highest BCUT2D eigenvalue weighted by molar-refractivity contribution is 5.21. The number of fused-ring (bicyclic) bond motifs is 1. The van der Waals surface area contributed by atoms with Crippen molar-refractivity contribution in [3.05, 3.63) is 36.9 Å². The van der Waals surface area contributed by atoms with Crippen LogP contribution >= 0.6 is 0 Å². The van der Waals surface area contributed by atoms with Gasteiger partial charge in [0, 0.05) is 6.07 Å². The first-order valence-electron chi connectivity index (χ1n) is 2.80. The van der Waals surface area contributed by atoms with Gasteiger partial charge in [-0.3, -0.25) is 0 Å². The van der Waals surface area contributed by atoms with E-state index in [0.717, 1.165) is 5.71 Å². The van der Waals surface area contributed by atoms with Crippen molar-refractivity contribution in [2.45, 2.75) is 0 Å². The standard InChI is InChI=1S/C7H6NO.BrH/c1-2-4-8-5-6-9-7(8)3-1;/h1-6H;1H/q+1;/p-1. The third kappa shape index (κ3) is 1.04. The highest BCUT2D eigenvalue weighted by Crippen LogP contribution is 1.92. The smallest absolute Gasteiger partial charge is 0.378 e. The number of pyridine rings is 1. The highest BCUT2D eigenvalue weighted by atomic mass is 79.9. The minimum atomic E-state index is 0. The Balaban J connectivity index is 0.000000500. The van der Waals surface area contributed by atoms with Gasteiger partial charge in [-0.1, -0.05) is 0 Å². The van der Waals surface area contributed by atoms with Crippen LogP contribution in [0.3, 0.4) is 0 Å². The molecule has 0 fully saturated rings. The Morgan fingerprint density at radius 1 is 1.20 bits per heavy atom. The summed E-state index contributed by atoms with van der Waals surface area (Å²) in [6.07, 6.45) is 5.48. The fourth-order valence-corrected chi connectivity index (χ4v) is 0.829. The van der Waals surface area contributed by atoms with E-state index in [4.69, 9.17) is 4.42 Å². The minimum Gasteiger partial charge on any atom is -1.00 e. The summed E-state index contributed by atoms with van der Waals surface area (Å²) >= 11 is 0. The van der Waals surface area contributed by atoms with Crippen LogP contribution in [0, 0.1) is 0 Å². The van der Waals surface area contributed by atoms with Crippen LogP contribution in [0.4, 0.5) is 0 Å². The maximum absolute atomic E-state index is 5.08. The molecule has 0 aliphatic rings. The van der Waals surface area contributed by atoms with Crippen molar-refractivity contribution in [1.29, 1.82) is 0 Å². The molecule has 0 aromatic carbocycles. The van der Waals surface area contributed by atoms with Gasteiger partial charge in [0.15, 0.2) is 12.5 Å². The molecule has 2 heterocycles. The van der Waals surface area contributed by atoms with E-state index in [0.29, 0.717) is 0 Å². The van der Waals surface area contributed by atoms with Gasteiger partial charge in [0.2, 0.25) is 6.20 Å². The number of oxazole rings is 1. The number of hydrogen-bond acceptors (Lipinski definition) is 1. The summed E-state index contributed by atoms with van der Waals surface area (Å²) in [5, 5.41) is 0. The molecule has 0 aliphatic carbocycles. The summed E-state index contributed by atoms with van der Waals surface area (Å²) in [7, 11) is 0. The lowest BCUT2D eigenvalue weighted by atomic mass is 10.5. The van der Waals surface area contributed by atoms with Crippen molar-refractivity contribution in [2.75, 3.05) is 0 Å². The van der Waals surface area contributed by atoms with Crippen LogP contribution in [0.5, 0.6) is 0 Å². The lowest BCUT2D eigenvalue weighted by Crippen LogP contribution is -3.00. The summed E-state index contributed by atoms with van der Waals surface area (Å²) in [6.45, 7) is 0. The Morgan fingerprint density at radius 3 is 2.90 bits per heavy atom. The van der Waals surface area contributed by atoms with Crippen molar-refractivity contribution in [3.63, 3.8) is 0 Å². The van der Waals surface area contributed by atoms with Gasteiger partial charge in [0.1, 0.15) is 0 Å². The fourth-order valence-electron chi connectivity index (χ4n) is 0.829. The molecule has 0 saturated carbocycles. The topological polar surface area (TPSA) is 17.2 Å². The second kappa shape index (κ2) is 2.84. The van der Waals surface area contributed by atoms with Gasteiger partial charge in [-0.05, 0) is 6.07 Å². The van der Waals surface area contributed by atoms with Crippen molar-refractivity contribution in [3.8, 4) is 0 Å². The van der Waals surface area contributed by atoms with E-state index in [9.17, 15) is 0 Å². The molecule has 2 nitrogen and oxygen atoms in total. The van der Waals surface area contributed by atoms with E-state index in [1.807, 2.05) is 35.0 Å². The molecule has 0 radical (unpaired) electrons. The molecule has 0 saturated heterocycles. The average molecular weight is 200 g/mol. The van der Waals surface area contributed by atoms with Gasteiger partial charge in [0.05, 0.1) is 6.07 Å². The molecule has 0 amide bonds. The van der Waals surface area contributed by atoms with Gasteiger partial charge >= 0.3 is 5.71 Å². The monoisotopic (exact) mass is 199 g/mol. The maximum Gasteiger partial charge on any atom is 0.378 e. The molecule has 52 valence electrons. The van der Waals surface area contributed by atoms with E-state index in [2.05, 4.69) is 0 Å². The first-order chi connectivity index (χ1) is 4.47. The average Bonchev–Trinajstić information content (AvgIpc) is 2.33. The van der Waals surface area contributed by atoms with Gasteiger partial charge in [-0.25, -0.2) is 0 Å². The first-order valence-corrected chi connectivity index (χ1v) is 2.80. The molecule has 0 bridgehead atoms. The Hall–Kier alpha value is -0.830. The summed E-state index contributed by atoms with van der Waals surface area (Å²) in [6, 6.07) is 5.82. The van der Waals surface area contributed by atoms with Gasteiger partial charge in [-0.2, -0.15) is 0 Å². The molecule has 10 heavy (non-hydrogen) atoms.